The summed E-state index contributed by atoms with van der Waals surface area (Å²) < 4.78 is 0. The van der Waals surface area contributed by atoms with Gasteiger partial charge in [-0.1, -0.05) is 0 Å². The Morgan fingerprint density at radius 2 is 2.11 bits per heavy atom. The minimum Gasteiger partial charge on any atom is -0.373 e. The van der Waals surface area contributed by atoms with Crippen LogP contribution in [0.15, 0.2) is 6.07 Å². The Balaban J connectivity index is 1.87. The van der Waals surface area contributed by atoms with Gasteiger partial charge in [0.1, 0.15) is 17.5 Å². The molecule has 0 amide bonds. The summed E-state index contributed by atoms with van der Waals surface area (Å²) in [6, 6.07) is 2.62. The number of aryl methyl sites for hydroxylation is 1. The Bertz CT molecular complexity index is 418. The number of hydrogen-bond acceptors (Lipinski definition) is 5. The molecule has 2 N–H and O–H groups in total. The number of aromatic nitrogens is 2. The van der Waals surface area contributed by atoms with Gasteiger partial charge in [-0.3, -0.25) is 0 Å². The van der Waals surface area contributed by atoms with E-state index in [2.05, 4.69) is 39.3 Å². The fraction of sp³-hybridized carbons (Fsp3) is 0.714. The number of rotatable bonds is 5. The topological polar surface area (TPSA) is 53.1 Å². The molecule has 1 aromatic rings. The van der Waals surface area contributed by atoms with E-state index in [0.29, 0.717) is 6.04 Å². The van der Waals surface area contributed by atoms with Crippen molar-refractivity contribution in [2.45, 2.75) is 33.2 Å². The van der Waals surface area contributed by atoms with Gasteiger partial charge >= 0.3 is 0 Å². The van der Waals surface area contributed by atoms with Crippen molar-refractivity contribution in [2.75, 3.05) is 37.3 Å². The van der Waals surface area contributed by atoms with Gasteiger partial charge in [-0.25, -0.2) is 9.97 Å². The minimum absolute atomic E-state index is 0.655. The monoisotopic (exact) mass is 263 g/mol. The zero-order chi connectivity index (χ0) is 13.8. The van der Waals surface area contributed by atoms with E-state index >= 15 is 0 Å². The van der Waals surface area contributed by atoms with E-state index in [1.807, 2.05) is 20.0 Å². The van der Waals surface area contributed by atoms with E-state index in [0.717, 1.165) is 29.9 Å². The first-order valence-corrected chi connectivity index (χ1v) is 7.10. The quantitative estimate of drug-likeness (QED) is 0.850. The van der Waals surface area contributed by atoms with Crippen LogP contribution in [0.25, 0.3) is 0 Å². The molecule has 0 radical (unpaired) electrons. The largest absolute Gasteiger partial charge is 0.373 e. The molecule has 5 nitrogen and oxygen atoms in total. The van der Waals surface area contributed by atoms with Gasteiger partial charge in [0.2, 0.25) is 0 Å². The predicted octanol–water partition coefficient (Wildman–Crippen LogP) is 1.97. The molecule has 1 aliphatic rings. The van der Waals surface area contributed by atoms with Crippen LogP contribution >= 0.6 is 0 Å². The van der Waals surface area contributed by atoms with Crippen molar-refractivity contribution in [1.82, 2.24) is 14.9 Å². The lowest BCUT2D eigenvalue weighted by Gasteiger charge is -2.20. The van der Waals surface area contributed by atoms with E-state index in [1.54, 1.807) is 0 Å². The smallest absolute Gasteiger partial charge is 0.131 e. The molecule has 5 heteroatoms. The third-order valence-corrected chi connectivity index (χ3v) is 3.71. The molecule has 0 bridgehead atoms. The number of nitrogens with zero attached hydrogens (tertiary/aromatic N) is 3. The summed E-state index contributed by atoms with van der Waals surface area (Å²) in [6.45, 7) is 9.85. The van der Waals surface area contributed by atoms with Crippen molar-refractivity contribution in [3.05, 3.63) is 11.9 Å². The van der Waals surface area contributed by atoms with E-state index in [-0.39, 0.29) is 0 Å². The van der Waals surface area contributed by atoms with Gasteiger partial charge in [-0.2, -0.15) is 0 Å². The van der Waals surface area contributed by atoms with Crippen LogP contribution in [0.2, 0.25) is 0 Å². The number of anilines is 2. The van der Waals surface area contributed by atoms with Crippen molar-refractivity contribution in [3.8, 4) is 0 Å². The molecule has 1 aromatic heterocycles. The molecular formula is C14H25N5. The van der Waals surface area contributed by atoms with E-state index in [1.165, 1.54) is 19.5 Å². The second-order valence-corrected chi connectivity index (χ2v) is 5.56. The molecule has 2 rings (SSSR count). The normalized spacial score (nSPS) is 19.9. The second-order valence-electron chi connectivity index (χ2n) is 5.56. The second kappa shape index (κ2) is 6.19. The first kappa shape index (κ1) is 14.1. The third-order valence-electron chi connectivity index (χ3n) is 3.71. The predicted molar refractivity (Wildman–Crippen MR) is 79.6 cm³/mol. The van der Waals surface area contributed by atoms with Gasteiger partial charge < -0.3 is 15.5 Å². The van der Waals surface area contributed by atoms with Gasteiger partial charge in [0.05, 0.1) is 0 Å². The SMILES string of the molecule is CNc1cc(NCC2CCN(C(C)C)C2)nc(C)n1. The van der Waals surface area contributed by atoms with Gasteiger partial charge in [0.15, 0.2) is 0 Å². The van der Waals surface area contributed by atoms with Crippen molar-refractivity contribution in [1.29, 1.82) is 0 Å². The van der Waals surface area contributed by atoms with Gasteiger partial charge in [0, 0.05) is 32.2 Å². The summed E-state index contributed by atoms with van der Waals surface area (Å²) in [7, 11) is 1.88. The summed E-state index contributed by atoms with van der Waals surface area (Å²) in [6.07, 6.45) is 1.27. The molecule has 1 atom stereocenters. The molecule has 1 unspecified atom stereocenters. The van der Waals surface area contributed by atoms with E-state index in [4.69, 9.17) is 0 Å². The molecule has 2 heterocycles. The van der Waals surface area contributed by atoms with Crippen LogP contribution in [-0.4, -0.2) is 47.6 Å². The summed E-state index contributed by atoms with van der Waals surface area (Å²) >= 11 is 0. The fourth-order valence-corrected chi connectivity index (χ4v) is 2.53. The average molecular weight is 263 g/mol. The molecule has 106 valence electrons. The highest BCUT2D eigenvalue weighted by Gasteiger charge is 2.23. The molecular weight excluding hydrogens is 238 g/mol. The van der Waals surface area contributed by atoms with Crippen molar-refractivity contribution < 1.29 is 0 Å². The Morgan fingerprint density at radius 3 is 2.74 bits per heavy atom. The molecule has 1 saturated heterocycles. The Kier molecular flexibility index (Phi) is 4.58. The minimum atomic E-state index is 0.655. The van der Waals surface area contributed by atoms with Crippen LogP contribution < -0.4 is 10.6 Å². The van der Waals surface area contributed by atoms with Crippen LogP contribution in [-0.2, 0) is 0 Å². The first-order chi connectivity index (χ1) is 9.08. The van der Waals surface area contributed by atoms with Gasteiger partial charge in [0.25, 0.3) is 0 Å². The molecule has 1 fully saturated rings. The standard InChI is InChI=1S/C14H25N5/c1-10(2)19-6-5-12(9-19)8-16-14-7-13(15-4)17-11(3)18-14/h7,10,12H,5-6,8-9H2,1-4H3,(H2,15,16,17,18). The molecule has 1 aliphatic heterocycles. The fourth-order valence-electron chi connectivity index (χ4n) is 2.53. The van der Waals surface area contributed by atoms with Crippen molar-refractivity contribution in [3.63, 3.8) is 0 Å². The maximum atomic E-state index is 4.42. The highest BCUT2D eigenvalue weighted by Crippen LogP contribution is 2.19. The summed E-state index contributed by atoms with van der Waals surface area (Å²) in [5.41, 5.74) is 0. The van der Waals surface area contributed by atoms with Gasteiger partial charge in [-0.15, -0.1) is 0 Å². The van der Waals surface area contributed by atoms with Crippen LogP contribution in [0.3, 0.4) is 0 Å². The molecule has 0 saturated carbocycles. The number of nitrogens with one attached hydrogen (secondary N) is 2. The summed E-state index contributed by atoms with van der Waals surface area (Å²) in [5, 5.41) is 6.50. The summed E-state index contributed by atoms with van der Waals surface area (Å²) in [5.74, 6) is 3.30. The third kappa shape index (κ3) is 3.80. The van der Waals surface area contributed by atoms with Crippen LogP contribution in [0.1, 0.15) is 26.1 Å². The van der Waals surface area contributed by atoms with Crippen molar-refractivity contribution in [2.24, 2.45) is 5.92 Å². The lowest BCUT2D eigenvalue weighted by Crippen LogP contribution is -2.29. The Hall–Kier alpha value is -1.36. The van der Waals surface area contributed by atoms with Crippen LogP contribution in [0, 0.1) is 12.8 Å². The Labute approximate surface area is 115 Å². The zero-order valence-electron chi connectivity index (χ0n) is 12.4. The Morgan fingerprint density at radius 1 is 1.37 bits per heavy atom. The maximum absolute atomic E-state index is 4.42. The average Bonchev–Trinajstić information content (AvgIpc) is 2.84. The maximum Gasteiger partial charge on any atom is 0.131 e. The van der Waals surface area contributed by atoms with Crippen LogP contribution in [0.5, 0.6) is 0 Å². The van der Waals surface area contributed by atoms with Gasteiger partial charge in [-0.05, 0) is 39.7 Å². The molecule has 0 aromatic carbocycles. The lowest BCUT2D eigenvalue weighted by atomic mass is 10.1. The zero-order valence-corrected chi connectivity index (χ0v) is 12.4. The lowest BCUT2D eigenvalue weighted by molar-refractivity contribution is 0.266. The molecule has 19 heavy (non-hydrogen) atoms. The summed E-state index contributed by atoms with van der Waals surface area (Å²) in [4.78, 5) is 11.3. The van der Waals surface area contributed by atoms with E-state index < -0.39 is 0 Å². The highest BCUT2D eigenvalue weighted by molar-refractivity contribution is 5.47. The number of likely N-dealkylation sites (tertiary alicyclic amines) is 1. The molecule has 0 spiro atoms. The van der Waals surface area contributed by atoms with E-state index in [9.17, 15) is 0 Å². The molecule has 0 aliphatic carbocycles. The van der Waals surface area contributed by atoms with Crippen LogP contribution in [0.4, 0.5) is 11.6 Å². The highest BCUT2D eigenvalue weighted by atomic mass is 15.2. The number of hydrogen-bond donors (Lipinski definition) is 2. The first-order valence-electron chi connectivity index (χ1n) is 7.10. The van der Waals surface area contributed by atoms with Crippen molar-refractivity contribution >= 4 is 11.6 Å².